The van der Waals surface area contributed by atoms with E-state index in [2.05, 4.69) is 32.4 Å². The molecule has 0 saturated carbocycles. The molecule has 26 heavy (non-hydrogen) atoms. The van der Waals surface area contributed by atoms with Gasteiger partial charge in [-0.1, -0.05) is 78.2 Å². The standard InChI is InChI=1S/C21H38O4.Ca.2H/c1-16(2)9-6-10-17(3)11-7-12-18(4)13-8-14-19(5)15-20(22)25-21(23)24;;;/h15-18H,6-14H2,1-5H3,(H,23,24);;;/q;+2;2*-1/b19-15+;;;/t17-,18-;;;/m1.../s1. The van der Waals surface area contributed by atoms with Gasteiger partial charge in [0, 0.05) is 6.08 Å². The second-order valence-corrected chi connectivity index (χ2v) is 8.04. The average molecular weight is 397 g/mol. The summed E-state index contributed by atoms with van der Waals surface area (Å²) in [6, 6.07) is 0. The monoisotopic (exact) mass is 396 g/mol. The van der Waals surface area contributed by atoms with Gasteiger partial charge in [-0.3, -0.25) is 0 Å². The molecule has 0 aromatic heterocycles. The molecule has 0 aliphatic heterocycles. The summed E-state index contributed by atoms with van der Waals surface area (Å²) in [4.78, 5) is 21.5. The van der Waals surface area contributed by atoms with Crippen LogP contribution >= 0.6 is 0 Å². The maximum Gasteiger partial charge on any atom is 2.00 e. The molecule has 4 nitrogen and oxygen atoms in total. The van der Waals surface area contributed by atoms with Crippen LogP contribution in [0.3, 0.4) is 0 Å². The van der Waals surface area contributed by atoms with Crippen molar-refractivity contribution in [2.45, 2.75) is 92.4 Å². The predicted octanol–water partition coefficient (Wildman–Crippen LogP) is 6.44. The smallest absolute Gasteiger partial charge is 1.00 e. The zero-order valence-electron chi connectivity index (χ0n) is 19.6. The van der Waals surface area contributed by atoms with Crippen molar-refractivity contribution in [3.05, 3.63) is 11.6 Å². The predicted molar refractivity (Wildman–Crippen MR) is 111 cm³/mol. The fourth-order valence-corrected chi connectivity index (χ4v) is 3.10. The summed E-state index contributed by atoms with van der Waals surface area (Å²) in [5.41, 5.74) is 0.872. The van der Waals surface area contributed by atoms with Gasteiger partial charge >= 0.3 is 49.9 Å². The first-order chi connectivity index (χ1) is 11.7. The fourth-order valence-electron chi connectivity index (χ4n) is 3.10. The molecule has 5 heteroatoms. The molecule has 0 amide bonds. The van der Waals surface area contributed by atoms with Crippen LogP contribution in [0, 0.1) is 17.8 Å². The molecular weight excluding hydrogens is 356 g/mol. The molecule has 0 heterocycles. The molecule has 0 rings (SSSR count). The van der Waals surface area contributed by atoms with Crippen molar-refractivity contribution < 1.29 is 22.3 Å². The van der Waals surface area contributed by atoms with Gasteiger partial charge in [-0.05, 0) is 37.5 Å². The third-order valence-electron chi connectivity index (χ3n) is 4.69. The molecule has 2 atom stereocenters. The maximum absolute atomic E-state index is 11.2. The van der Waals surface area contributed by atoms with E-state index in [1.54, 1.807) is 0 Å². The van der Waals surface area contributed by atoms with Crippen LogP contribution in [0.15, 0.2) is 11.6 Å². The van der Waals surface area contributed by atoms with E-state index >= 15 is 0 Å². The number of rotatable bonds is 13. The van der Waals surface area contributed by atoms with E-state index in [-0.39, 0.29) is 40.6 Å². The normalized spacial score (nSPS) is 13.8. The summed E-state index contributed by atoms with van der Waals surface area (Å²) in [5, 5.41) is 8.37. The van der Waals surface area contributed by atoms with Gasteiger partial charge in [-0.25, -0.2) is 9.59 Å². The Hall–Kier alpha value is -0.0603. The van der Waals surface area contributed by atoms with Gasteiger partial charge in [0.1, 0.15) is 0 Å². The van der Waals surface area contributed by atoms with Crippen molar-refractivity contribution in [3.63, 3.8) is 0 Å². The number of hydrogen-bond acceptors (Lipinski definition) is 3. The Labute approximate surface area is 193 Å². The van der Waals surface area contributed by atoms with E-state index < -0.39 is 12.1 Å². The van der Waals surface area contributed by atoms with Gasteiger partial charge in [-0.15, -0.1) is 0 Å². The second kappa shape index (κ2) is 17.1. The maximum atomic E-state index is 11.2. The molecule has 0 radical (unpaired) electrons. The number of carboxylic acid groups (broad SMARTS) is 1. The van der Waals surface area contributed by atoms with Crippen molar-refractivity contribution in [1.82, 2.24) is 0 Å². The summed E-state index contributed by atoms with van der Waals surface area (Å²) >= 11 is 0. The average Bonchev–Trinajstić information content (AvgIpc) is 2.45. The van der Waals surface area contributed by atoms with Gasteiger partial charge in [0.15, 0.2) is 0 Å². The Kier molecular flexibility index (Phi) is 18.5. The first kappa shape index (κ1) is 28.2. The zero-order chi connectivity index (χ0) is 19.2. The quantitative estimate of drug-likeness (QED) is 0.168. The summed E-state index contributed by atoms with van der Waals surface area (Å²) < 4.78 is 4.07. The van der Waals surface area contributed by atoms with Crippen LogP contribution in [0.2, 0.25) is 0 Å². The molecule has 150 valence electrons. The summed E-state index contributed by atoms with van der Waals surface area (Å²) in [5.74, 6) is 1.54. The molecule has 0 bridgehead atoms. The van der Waals surface area contributed by atoms with E-state index in [9.17, 15) is 9.59 Å². The zero-order valence-corrected chi connectivity index (χ0v) is 19.8. The molecule has 0 aliphatic carbocycles. The summed E-state index contributed by atoms with van der Waals surface area (Å²) in [7, 11) is 0. The van der Waals surface area contributed by atoms with Crippen molar-refractivity contribution in [1.29, 1.82) is 0 Å². The van der Waals surface area contributed by atoms with Crippen LogP contribution in [-0.2, 0) is 9.53 Å². The number of hydrogen-bond donors (Lipinski definition) is 1. The number of esters is 1. The van der Waals surface area contributed by atoms with Crippen molar-refractivity contribution >= 4 is 49.9 Å². The van der Waals surface area contributed by atoms with E-state index in [1.165, 1.54) is 44.6 Å². The van der Waals surface area contributed by atoms with E-state index in [4.69, 9.17) is 5.11 Å². The number of carbonyl (C=O) groups is 2. The molecule has 1 N–H and O–H groups in total. The minimum absolute atomic E-state index is 0. The van der Waals surface area contributed by atoms with Crippen molar-refractivity contribution in [3.8, 4) is 0 Å². The molecule has 0 aliphatic rings. The summed E-state index contributed by atoms with van der Waals surface area (Å²) in [6.45, 7) is 11.1. The molecular formula is C21H40CaO4. The molecule has 0 aromatic rings. The van der Waals surface area contributed by atoms with Crippen LogP contribution in [0.25, 0.3) is 0 Å². The van der Waals surface area contributed by atoms with Crippen molar-refractivity contribution in [2.24, 2.45) is 17.8 Å². The van der Waals surface area contributed by atoms with Gasteiger partial charge in [0.05, 0.1) is 0 Å². The third-order valence-corrected chi connectivity index (χ3v) is 4.69. The molecule has 0 fully saturated rings. The van der Waals surface area contributed by atoms with Crippen LogP contribution in [0.5, 0.6) is 0 Å². The Bertz CT molecular complexity index is 429. The molecule has 0 unspecified atom stereocenters. The number of ether oxygens (including phenoxy) is 1. The van der Waals surface area contributed by atoms with Gasteiger partial charge < -0.3 is 12.7 Å². The number of allylic oxidation sites excluding steroid dienone is 1. The minimum Gasteiger partial charge on any atom is -1.00 e. The number of carbonyl (C=O) groups excluding carboxylic acids is 1. The molecule has 0 saturated heterocycles. The fraction of sp³-hybridized carbons (Fsp3) is 0.810. The Morgan fingerprint density at radius 3 is 1.85 bits per heavy atom. The summed E-state index contributed by atoms with van der Waals surface area (Å²) in [6.07, 6.45) is 10.6. The van der Waals surface area contributed by atoms with Crippen LogP contribution in [0.1, 0.15) is 95.3 Å². The Morgan fingerprint density at radius 1 is 0.923 bits per heavy atom. The van der Waals surface area contributed by atoms with E-state index in [0.29, 0.717) is 5.92 Å². The van der Waals surface area contributed by atoms with Crippen molar-refractivity contribution in [2.75, 3.05) is 0 Å². The third kappa shape index (κ3) is 18.7. The topological polar surface area (TPSA) is 63.6 Å². The molecule has 0 aromatic carbocycles. The largest absolute Gasteiger partial charge is 2.00 e. The van der Waals surface area contributed by atoms with Gasteiger partial charge in [0.2, 0.25) is 0 Å². The Morgan fingerprint density at radius 2 is 1.38 bits per heavy atom. The van der Waals surface area contributed by atoms with Crippen LogP contribution in [-0.4, -0.2) is 55.0 Å². The van der Waals surface area contributed by atoms with E-state index in [1.807, 2.05) is 6.92 Å². The van der Waals surface area contributed by atoms with Crippen LogP contribution < -0.4 is 0 Å². The SMILES string of the molecule is C/C(=C\C(=O)OC(=O)O)CCC[C@H](C)CCC[C@H](C)CCCC(C)C.[Ca+2].[H-].[H-]. The first-order valence-electron chi connectivity index (χ1n) is 9.82. The van der Waals surface area contributed by atoms with Gasteiger partial charge in [0.25, 0.3) is 0 Å². The Balaban J connectivity index is -0.000000960. The van der Waals surface area contributed by atoms with Gasteiger partial charge in [-0.2, -0.15) is 0 Å². The molecule has 0 spiro atoms. The first-order valence-corrected chi connectivity index (χ1v) is 9.82. The minimum atomic E-state index is -1.55. The van der Waals surface area contributed by atoms with E-state index in [0.717, 1.165) is 36.7 Å². The van der Waals surface area contributed by atoms with Crippen LogP contribution in [0.4, 0.5) is 4.79 Å². The second-order valence-electron chi connectivity index (χ2n) is 8.04.